The van der Waals surface area contributed by atoms with E-state index in [-0.39, 0.29) is 6.03 Å². The zero-order valence-corrected chi connectivity index (χ0v) is 22.7. The van der Waals surface area contributed by atoms with Crippen LogP contribution in [-0.2, 0) is 30.5 Å². The molecule has 0 spiro atoms. The van der Waals surface area contributed by atoms with Crippen molar-refractivity contribution in [3.05, 3.63) is 56.5 Å². The van der Waals surface area contributed by atoms with Gasteiger partial charge in [0.25, 0.3) is 0 Å². The van der Waals surface area contributed by atoms with Gasteiger partial charge in [0.2, 0.25) is 0 Å². The molecule has 0 atom stereocenters. The molecule has 0 bridgehead atoms. The maximum atomic E-state index is 13.0. The van der Waals surface area contributed by atoms with Gasteiger partial charge in [-0.05, 0) is 83.3 Å². The molecule has 2 amide bonds. The van der Waals surface area contributed by atoms with Crippen LogP contribution in [-0.4, -0.2) is 35.3 Å². The lowest BCUT2D eigenvalue weighted by Gasteiger charge is -2.20. The molecule has 1 aliphatic rings. The highest BCUT2D eigenvalue weighted by Crippen LogP contribution is 2.36. The highest BCUT2D eigenvalue weighted by Gasteiger charge is 2.27. The maximum absolute atomic E-state index is 13.0. The van der Waals surface area contributed by atoms with Gasteiger partial charge in [0, 0.05) is 34.3 Å². The normalized spacial score (nSPS) is 13.7. The summed E-state index contributed by atoms with van der Waals surface area (Å²) in [7, 11) is 0. The third kappa shape index (κ3) is 5.79. The van der Waals surface area contributed by atoms with Crippen LogP contribution >= 0.6 is 22.7 Å². The van der Waals surface area contributed by atoms with Gasteiger partial charge in [0.05, 0.1) is 5.56 Å². The molecule has 0 radical (unpaired) electrons. The van der Waals surface area contributed by atoms with E-state index in [1.54, 1.807) is 11.3 Å². The van der Waals surface area contributed by atoms with Crippen molar-refractivity contribution in [3.63, 3.8) is 0 Å². The van der Waals surface area contributed by atoms with E-state index in [4.69, 9.17) is 4.74 Å². The Hall–Kier alpha value is -2.62. The average Bonchev–Trinajstić information content (AvgIpc) is 3.45. The first-order chi connectivity index (χ1) is 16.7. The zero-order chi connectivity index (χ0) is 25.2. The second kappa shape index (κ2) is 10.6. The lowest BCUT2D eigenvalue weighted by atomic mass is 10.1. The summed E-state index contributed by atoms with van der Waals surface area (Å²) < 4.78 is 7.75. The molecule has 0 saturated heterocycles. The fraction of sp³-hybridized carbons (Fsp3) is 0.462. The number of urea groups is 1. The lowest BCUT2D eigenvalue weighted by molar-refractivity contribution is 0.00704. The number of amides is 2. The number of aryl methyl sites for hydroxylation is 1. The van der Waals surface area contributed by atoms with E-state index in [1.807, 2.05) is 59.1 Å². The molecule has 3 aromatic rings. The monoisotopic (exact) mass is 514 g/mol. The number of esters is 1. The van der Waals surface area contributed by atoms with Crippen molar-refractivity contribution in [2.75, 3.05) is 18.4 Å². The molecule has 4 heterocycles. The first kappa shape index (κ1) is 25.5. The minimum Gasteiger partial charge on any atom is -0.456 e. The average molecular weight is 515 g/mol. The third-order valence-corrected chi connectivity index (χ3v) is 8.62. The first-order valence-electron chi connectivity index (χ1n) is 12.1. The van der Waals surface area contributed by atoms with E-state index in [0.29, 0.717) is 17.1 Å². The Labute approximate surface area is 214 Å². The number of nitrogens with zero attached hydrogens (tertiary/aromatic N) is 1. The number of nitrogens with one attached hydrogen (secondary N) is 3. The number of carbonyl (C=O) groups is 2. The van der Waals surface area contributed by atoms with Crippen LogP contribution in [0.3, 0.4) is 0 Å². The van der Waals surface area contributed by atoms with E-state index in [0.717, 1.165) is 53.4 Å². The molecule has 1 aliphatic heterocycles. The summed E-state index contributed by atoms with van der Waals surface area (Å²) in [5, 5.41) is 11.1. The predicted octanol–water partition coefficient (Wildman–Crippen LogP) is 5.44. The van der Waals surface area contributed by atoms with Crippen LogP contribution in [0.1, 0.15) is 64.5 Å². The molecular formula is C26H34N4O3S2. The fourth-order valence-corrected chi connectivity index (χ4v) is 6.77. The first-order valence-corrected chi connectivity index (χ1v) is 13.7. The van der Waals surface area contributed by atoms with Crippen molar-refractivity contribution >= 4 is 39.7 Å². The molecule has 0 saturated carbocycles. The standard InChI is InChI=1S/C26H34N4O3S2/c1-6-19-16(2)21(24(31)33-26(3,4)5)22(34-19)29-25(32)28-15-18-17-9-11-27-12-10-20(17)35-23(18)30-13-7-8-14-30/h7-8,13-14,27H,6,9-12,15H2,1-5H3,(H2,28,29,32). The van der Waals surface area contributed by atoms with Gasteiger partial charge >= 0.3 is 12.0 Å². The summed E-state index contributed by atoms with van der Waals surface area (Å²) in [4.78, 5) is 28.4. The molecule has 0 aromatic carbocycles. The van der Waals surface area contributed by atoms with Gasteiger partial charge in [-0.2, -0.15) is 0 Å². The minimum atomic E-state index is -0.613. The van der Waals surface area contributed by atoms with Crippen LogP contribution in [0.4, 0.5) is 9.80 Å². The Morgan fingerprint density at radius 1 is 1.14 bits per heavy atom. The quantitative estimate of drug-likeness (QED) is 0.383. The van der Waals surface area contributed by atoms with Gasteiger partial charge in [0.1, 0.15) is 15.6 Å². The summed E-state index contributed by atoms with van der Waals surface area (Å²) >= 11 is 3.24. The van der Waals surface area contributed by atoms with Crippen molar-refractivity contribution in [1.29, 1.82) is 0 Å². The molecule has 7 nitrogen and oxygen atoms in total. The number of fused-ring (bicyclic) bond motifs is 1. The second-order valence-corrected chi connectivity index (χ2v) is 11.8. The Morgan fingerprint density at radius 2 is 1.86 bits per heavy atom. The van der Waals surface area contributed by atoms with Gasteiger partial charge in [-0.3, -0.25) is 5.32 Å². The highest BCUT2D eigenvalue weighted by atomic mass is 32.1. The van der Waals surface area contributed by atoms with E-state index in [1.165, 1.54) is 21.8 Å². The lowest BCUT2D eigenvalue weighted by Crippen LogP contribution is -2.30. The molecular weight excluding hydrogens is 480 g/mol. The number of thiophene rings is 2. The van der Waals surface area contributed by atoms with Gasteiger partial charge in [-0.25, -0.2) is 9.59 Å². The van der Waals surface area contributed by atoms with E-state index < -0.39 is 11.6 Å². The van der Waals surface area contributed by atoms with Gasteiger partial charge < -0.3 is 19.9 Å². The summed E-state index contributed by atoms with van der Waals surface area (Å²) in [5.74, 6) is -0.410. The SMILES string of the molecule is CCc1sc(NC(=O)NCc2c(-n3cccc3)sc3c2CCNCC3)c(C(=O)OC(C)(C)C)c1C. The van der Waals surface area contributed by atoms with Crippen LogP contribution in [0.2, 0.25) is 0 Å². The van der Waals surface area contributed by atoms with Crippen molar-refractivity contribution in [2.24, 2.45) is 0 Å². The van der Waals surface area contributed by atoms with Crippen molar-refractivity contribution in [1.82, 2.24) is 15.2 Å². The van der Waals surface area contributed by atoms with Crippen LogP contribution in [0.15, 0.2) is 24.5 Å². The molecule has 9 heteroatoms. The Balaban J connectivity index is 1.55. The summed E-state index contributed by atoms with van der Waals surface area (Å²) in [5.41, 5.74) is 3.19. The Morgan fingerprint density at radius 3 is 2.54 bits per heavy atom. The van der Waals surface area contributed by atoms with E-state index in [9.17, 15) is 9.59 Å². The van der Waals surface area contributed by atoms with Crippen LogP contribution < -0.4 is 16.0 Å². The molecule has 35 heavy (non-hydrogen) atoms. The van der Waals surface area contributed by atoms with Crippen molar-refractivity contribution < 1.29 is 14.3 Å². The van der Waals surface area contributed by atoms with Gasteiger partial charge in [-0.1, -0.05) is 6.92 Å². The Kier molecular flexibility index (Phi) is 7.68. The number of rotatable bonds is 6. The number of ether oxygens (including phenoxy) is 1. The number of aromatic nitrogens is 1. The fourth-order valence-electron chi connectivity index (χ4n) is 4.31. The molecule has 0 fully saturated rings. The third-order valence-electron chi connectivity index (χ3n) is 5.92. The van der Waals surface area contributed by atoms with Crippen molar-refractivity contribution in [2.45, 2.75) is 66.0 Å². The minimum absolute atomic E-state index is 0.330. The van der Waals surface area contributed by atoms with Crippen LogP contribution in [0, 0.1) is 6.92 Å². The molecule has 0 unspecified atom stereocenters. The van der Waals surface area contributed by atoms with Gasteiger partial charge in [-0.15, -0.1) is 22.7 Å². The maximum Gasteiger partial charge on any atom is 0.341 e. The molecule has 0 aliphatic carbocycles. The molecule has 3 aromatic heterocycles. The second-order valence-electron chi connectivity index (χ2n) is 9.65. The smallest absolute Gasteiger partial charge is 0.341 e. The van der Waals surface area contributed by atoms with Gasteiger partial charge in [0.15, 0.2) is 0 Å². The zero-order valence-electron chi connectivity index (χ0n) is 21.0. The van der Waals surface area contributed by atoms with E-state index >= 15 is 0 Å². The summed E-state index contributed by atoms with van der Waals surface area (Å²) in [6.07, 6.45) is 6.80. The number of carbonyl (C=O) groups excluding carboxylic acids is 2. The molecule has 4 rings (SSSR count). The predicted molar refractivity (Wildman–Crippen MR) is 143 cm³/mol. The molecule has 188 valence electrons. The van der Waals surface area contributed by atoms with Crippen molar-refractivity contribution in [3.8, 4) is 5.00 Å². The number of anilines is 1. The highest BCUT2D eigenvalue weighted by molar-refractivity contribution is 7.17. The van der Waals surface area contributed by atoms with Crippen LogP contribution in [0.25, 0.3) is 5.00 Å². The largest absolute Gasteiger partial charge is 0.456 e. The summed E-state index contributed by atoms with van der Waals surface area (Å²) in [6.45, 7) is 11.8. The Bertz CT molecular complexity index is 1200. The topological polar surface area (TPSA) is 84.4 Å². The number of hydrogen-bond acceptors (Lipinski definition) is 6. The molecule has 3 N–H and O–H groups in total. The van der Waals surface area contributed by atoms with Crippen LogP contribution in [0.5, 0.6) is 0 Å². The number of hydrogen-bond donors (Lipinski definition) is 3. The van der Waals surface area contributed by atoms with E-state index in [2.05, 4.69) is 20.5 Å². The summed E-state index contributed by atoms with van der Waals surface area (Å²) in [6, 6.07) is 3.70.